The molecule has 0 fully saturated rings. The summed E-state index contributed by atoms with van der Waals surface area (Å²) >= 11 is 0. The summed E-state index contributed by atoms with van der Waals surface area (Å²) in [4.78, 5) is 4.67. The fourth-order valence-corrected chi connectivity index (χ4v) is 7.08. The first-order valence-electron chi connectivity index (χ1n) is 14.8. The number of benzene rings is 7. The molecule has 0 aliphatic carbocycles. The minimum absolute atomic E-state index is 0.0898. The Balaban J connectivity index is 1.38. The van der Waals surface area contributed by atoms with Crippen LogP contribution in [-0.4, -0.2) is 6.54 Å². The number of nitrogens with zero attached hydrogens (tertiary/aromatic N) is 4. The van der Waals surface area contributed by atoms with Gasteiger partial charge in [0.15, 0.2) is 0 Å². The first-order valence-corrected chi connectivity index (χ1v) is 14.8. The molecule has 208 valence electrons. The van der Waals surface area contributed by atoms with Crippen LogP contribution in [-0.2, 0) is 5.41 Å². The van der Waals surface area contributed by atoms with Gasteiger partial charge >= 0.3 is 0 Å². The van der Waals surface area contributed by atoms with Crippen molar-refractivity contribution in [1.82, 2.24) is 0 Å². The number of fused-ring (bicyclic) bond motifs is 1. The fourth-order valence-electron chi connectivity index (χ4n) is 7.08. The van der Waals surface area contributed by atoms with Gasteiger partial charge in [-0.25, -0.2) is 0 Å². The summed E-state index contributed by atoms with van der Waals surface area (Å²) in [5, 5.41) is 26.5. The van der Waals surface area contributed by atoms with Crippen LogP contribution in [0.25, 0.3) is 32.3 Å². The Morgan fingerprint density at radius 3 is 2.02 bits per heavy atom. The highest BCUT2D eigenvalue weighted by molar-refractivity contribution is 6.28. The molecule has 4 nitrogen and oxygen atoms in total. The predicted molar refractivity (Wildman–Crippen MR) is 181 cm³/mol. The van der Waals surface area contributed by atoms with Crippen LogP contribution in [0.4, 0.5) is 28.4 Å². The number of para-hydroxylation sites is 1. The van der Waals surface area contributed by atoms with E-state index in [1.165, 1.54) is 38.2 Å². The first kappa shape index (κ1) is 25.8. The van der Waals surface area contributed by atoms with Crippen molar-refractivity contribution in [2.24, 2.45) is 0 Å². The molecule has 0 radical (unpaired) electrons. The van der Waals surface area contributed by atoms with E-state index in [0.717, 1.165) is 34.7 Å². The zero-order chi connectivity index (χ0) is 30.0. The molecule has 0 saturated heterocycles. The maximum absolute atomic E-state index is 9.69. The van der Waals surface area contributed by atoms with Gasteiger partial charge in [-0.05, 0) is 87.8 Å². The molecule has 0 N–H and O–H groups in total. The third-order valence-electron chi connectivity index (χ3n) is 9.10. The molecule has 7 aromatic carbocycles. The molecule has 0 unspecified atom stereocenters. The van der Waals surface area contributed by atoms with Crippen molar-refractivity contribution in [2.75, 3.05) is 16.3 Å². The van der Waals surface area contributed by atoms with E-state index in [4.69, 9.17) is 0 Å². The summed E-state index contributed by atoms with van der Waals surface area (Å²) in [5.41, 5.74) is 7.83. The Kier molecular flexibility index (Phi) is 5.63. The van der Waals surface area contributed by atoms with Crippen molar-refractivity contribution < 1.29 is 0 Å². The first-order chi connectivity index (χ1) is 21.5. The van der Waals surface area contributed by atoms with Crippen LogP contribution in [0.5, 0.6) is 0 Å². The minimum Gasteiger partial charge on any atom is -0.340 e. The Bertz CT molecular complexity index is 2320. The lowest BCUT2D eigenvalue weighted by molar-refractivity contribution is 0.569. The van der Waals surface area contributed by atoms with E-state index in [2.05, 4.69) is 115 Å². The quantitative estimate of drug-likeness (QED) is 0.200. The molecular weight excluding hydrogens is 536 g/mol. The molecule has 0 aromatic heterocycles. The maximum atomic E-state index is 9.69. The Labute approximate surface area is 256 Å². The number of hydrogen-bond acceptors (Lipinski definition) is 4. The van der Waals surface area contributed by atoms with Gasteiger partial charge in [-0.3, -0.25) is 0 Å². The lowest BCUT2D eigenvalue weighted by Crippen LogP contribution is -2.25. The topological polar surface area (TPSA) is 54.1 Å². The molecule has 0 bridgehead atoms. The summed E-state index contributed by atoms with van der Waals surface area (Å²) in [6.07, 6.45) is 0. The highest BCUT2D eigenvalue weighted by Crippen LogP contribution is 2.49. The molecule has 1 aliphatic heterocycles. The molecule has 4 heteroatoms. The van der Waals surface area contributed by atoms with Crippen molar-refractivity contribution >= 4 is 60.8 Å². The summed E-state index contributed by atoms with van der Waals surface area (Å²) < 4.78 is 0. The van der Waals surface area contributed by atoms with E-state index in [1.807, 2.05) is 42.5 Å². The SMILES string of the molecule is CC1(C)CN(c2ccc3ccc4c(N(c5ccccc5)c5cccc(C#N)c5)ccc5ccc2c3c54)c2ccc(C#N)cc21. The Morgan fingerprint density at radius 1 is 0.614 bits per heavy atom. The lowest BCUT2D eigenvalue weighted by Gasteiger charge is -2.28. The van der Waals surface area contributed by atoms with Crippen LogP contribution < -0.4 is 9.80 Å². The summed E-state index contributed by atoms with van der Waals surface area (Å²) in [7, 11) is 0. The zero-order valence-corrected chi connectivity index (χ0v) is 24.5. The van der Waals surface area contributed by atoms with Gasteiger partial charge in [-0.2, -0.15) is 10.5 Å². The van der Waals surface area contributed by atoms with E-state index >= 15 is 0 Å². The highest BCUT2D eigenvalue weighted by Gasteiger charge is 2.36. The van der Waals surface area contributed by atoms with Crippen LogP contribution in [0.1, 0.15) is 30.5 Å². The molecule has 0 saturated carbocycles. The number of anilines is 5. The fraction of sp³-hybridized carbons (Fsp3) is 0.100. The molecule has 0 atom stereocenters. The van der Waals surface area contributed by atoms with Gasteiger partial charge < -0.3 is 9.80 Å². The second-order valence-corrected chi connectivity index (χ2v) is 12.2. The molecule has 1 heterocycles. The highest BCUT2D eigenvalue weighted by atomic mass is 15.2. The molecule has 44 heavy (non-hydrogen) atoms. The van der Waals surface area contributed by atoms with Crippen LogP contribution in [0, 0.1) is 22.7 Å². The number of nitriles is 2. The van der Waals surface area contributed by atoms with Crippen LogP contribution in [0.2, 0.25) is 0 Å². The van der Waals surface area contributed by atoms with Crippen molar-refractivity contribution in [3.8, 4) is 12.1 Å². The Morgan fingerprint density at radius 2 is 1.25 bits per heavy atom. The number of rotatable bonds is 4. The van der Waals surface area contributed by atoms with E-state index in [9.17, 15) is 10.5 Å². The van der Waals surface area contributed by atoms with Gasteiger partial charge in [-0.1, -0.05) is 74.5 Å². The van der Waals surface area contributed by atoms with E-state index in [1.54, 1.807) is 0 Å². The van der Waals surface area contributed by atoms with Crippen LogP contribution in [0.3, 0.4) is 0 Å². The zero-order valence-electron chi connectivity index (χ0n) is 24.5. The average Bonchev–Trinajstić information content (AvgIpc) is 3.34. The minimum atomic E-state index is -0.0898. The van der Waals surface area contributed by atoms with Crippen LogP contribution in [0.15, 0.2) is 121 Å². The van der Waals surface area contributed by atoms with E-state index in [-0.39, 0.29) is 5.41 Å². The van der Waals surface area contributed by atoms with Crippen molar-refractivity contribution in [3.05, 3.63) is 138 Å². The predicted octanol–water partition coefficient (Wildman–Crippen LogP) is 10.2. The Hall–Kier alpha value is -5.84. The van der Waals surface area contributed by atoms with Gasteiger partial charge in [0.05, 0.1) is 29.0 Å². The normalized spacial score (nSPS) is 13.7. The molecule has 0 spiro atoms. The van der Waals surface area contributed by atoms with Gasteiger partial charge in [0, 0.05) is 45.5 Å². The monoisotopic (exact) mass is 564 g/mol. The van der Waals surface area contributed by atoms with Gasteiger partial charge in [0.1, 0.15) is 0 Å². The average molecular weight is 565 g/mol. The smallest absolute Gasteiger partial charge is 0.0992 e. The van der Waals surface area contributed by atoms with Gasteiger partial charge in [0.2, 0.25) is 0 Å². The molecule has 8 rings (SSSR count). The summed E-state index contributed by atoms with van der Waals surface area (Å²) in [5.74, 6) is 0. The van der Waals surface area contributed by atoms with Crippen molar-refractivity contribution in [1.29, 1.82) is 10.5 Å². The van der Waals surface area contributed by atoms with Crippen molar-refractivity contribution in [2.45, 2.75) is 19.3 Å². The third kappa shape index (κ3) is 3.82. The molecule has 0 amide bonds. The second kappa shape index (κ2) is 9.60. The third-order valence-corrected chi connectivity index (χ3v) is 9.10. The largest absolute Gasteiger partial charge is 0.340 e. The summed E-state index contributed by atoms with van der Waals surface area (Å²) in [6.45, 7) is 5.35. The van der Waals surface area contributed by atoms with Crippen molar-refractivity contribution in [3.63, 3.8) is 0 Å². The lowest BCUT2D eigenvalue weighted by atomic mass is 9.86. The standard InChI is InChI=1S/C40H28N4/c1-40(2)25-43(37-18-11-27(24-42)22-34(37)40)35-19-14-28-13-17-33-36(20-15-29-12-16-32(35)38(28)39(29)33)44(30-8-4-3-5-9-30)31-10-6-7-26(21-31)23-41/h3-22H,25H2,1-2H3. The van der Waals surface area contributed by atoms with E-state index < -0.39 is 0 Å². The molecule has 7 aromatic rings. The van der Waals surface area contributed by atoms with Gasteiger partial charge in [0.25, 0.3) is 0 Å². The number of hydrogen-bond donors (Lipinski definition) is 0. The van der Waals surface area contributed by atoms with Gasteiger partial charge in [-0.15, -0.1) is 0 Å². The molecular formula is C40H28N4. The second-order valence-electron chi connectivity index (χ2n) is 12.2. The molecule has 1 aliphatic rings. The summed E-state index contributed by atoms with van der Waals surface area (Å²) in [6, 6.07) is 46.7. The maximum Gasteiger partial charge on any atom is 0.0992 e. The van der Waals surface area contributed by atoms with Crippen LogP contribution >= 0.6 is 0 Å². The van der Waals surface area contributed by atoms with E-state index in [0.29, 0.717) is 11.1 Å².